The van der Waals surface area contributed by atoms with Crippen LogP contribution >= 0.6 is 0 Å². The zero-order valence-corrected chi connectivity index (χ0v) is 73.7. The molecule has 22 heteroatoms. The van der Waals surface area contributed by atoms with Gasteiger partial charge in [-0.15, -0.1) is 0 Å². The van der Waals surface area contributed by atoms with E-state index in [2.05, 4.69) is 133 Å². The standard InChI is InChI=1S/C22H42N2O3.C21H41N3O3.C21H40N2O3.C20H39N3O3.2CH4/c1-15(2)13-18(24-22(7,8)9)19(26)14-17(20(27)21(4,5)6)11-10-12-23-16(3)25;1-14(2)12-15(13-20(3,4)5)18(26)24-16(17(25)21(6,7)8)10-9-11-23-19(22)27;1-14(2)18(23-21(7,8)9)17(25)13-16(19(26)20(4,5)6)11-10-12-22-15(3)24;1-13(2)14(12-19(3,4)5)17(25)23-15(16(24)20(6,7)8)10-9-11-22-18(21)26;;/h15,17-18,24H,10-14H2,1-9H3,(H,23,25);14-16H,9-13H2,1-8H3,(H,24,26)(H3,22,23,27);14,16,18,23H,10-13H2,1-9H3,(H,22,24);13-15H,9-12H2,1-8H3,(H,23,25)(H3,21,22,26);2*1H4. The summed E-state index contributed by atoms with van der Waals surface area (Å²) in [5.41, 5.74) is 7.81. The summed E-state index contributed by atoms with van der Waals surface area (Å²) in [4.78, 5) is 147. The zero-order valence-electron chi connectivity index (χ0n) is 73.7. The minimum atomic E-state index is -0.585. The molecule has 8 unspecified atom stereocenters. The van der Waals surface area contributed by atoms with Crippen LogP contribution < -0.4 is 54.0 Å². The molecule has 12 N–H and O–H groups in total. The highest BCUT2D eigenvalue weighted by atomic mass is 16.2. The molecule has 8 atom stereocenters. The SMILES string of the molecule is C.C.CC(=O)NCCCC(CC(=O)C(CC(C)C)NC(C)(C)C)C(=O)C(C)(C)C.CC(=O)NCCCC(CC(=O)C(NC(C)(C)C)C(C)C)C(=O)C(C)(C)C.CC(C)C(CC(C)(C)C)C(=O)NC(CCCNC(N)=O)C(=O)C(C)(C)C.CC(C)CC(CC(C)(C)C)C(=O)NC(CCCNC(N)=O)C(=O)C(C)(C)C. The molecule has 0 aromatic rings. The summed E-state index contributed by atoms with van der Waals surface area (Å²) in [5, 5.41) is 23.4. The average Bonchev–Trinajstić information content (AvgIpc) is 0.857. The second-order valence-electron chi connectivity index (χ2n) is 39.8. The number of Topliss-reactive ketones (excluding diaryl/α,β-unsaturated/α-hetero) is 6. The van der Waals surface area contributed by atoms with E-state index in [4.69, 9.17) is 11.5 Å². The van der Waals surface area contributed by atoms with Crippen LogP contribution in [0.5, 0.6) is 0 Å². The van der Waals surface area contributed by atoms with Crippen LogP contribution in [0, 0.1) is 79.8 Å². The highest BCUT2D eigenvalue weighted by Crippen LogP contribution is 2.33. The fraction of sp³-hybridized carbons (Fsp3) is 0.860. The Kier molecular flexibility index (Phi) is 54.3. The lowest BCUT2D eigenvalue weighted by Crippen LogP contribution is -2.51. The molecule has 0 bridgehead atoms. The van der Waals surface area contributed by atoms with Crippen molar-refractivity contribution in [3.8, 4) is 0 Å². The fourth-order valence-corrected chi connectivity index (χ4v) is 12.3. The van der Waals surface area contributed by atoms with Gasteiger partial charge in [-0.05, 0) is 153 Å². The number of carbonyl (C=O) groups is 12. The van der Waals surface area contributed by atoms with E-state index in [1.807, 2.05) is 132 Å². The third-order valence-electron chi connectivity index (χ3n) is 17.3. The lowest BCUT2D eigenvalue weighted by Gasteiger charge is -2.32. The van der Waals surface area contributed by atoms with Gasteiger partial charge in [0.15, 0.2) is 17.3 Å². The van der Waals surface area contributed by atoms with E-state index < -0.39 is 45.8 Å². The topological polar surface area (TPSA) is 353 Å². The van der Waals surface area contributed by atoms with Crippen molar-refractivity contribution in [2.24, 2.45) is 91.3 Å². The molecule has 8 amide bonds. The van der Waals surface area contributed by atoms with Crippen LogP contribution in [0.4, 0.5) is 9.59 Å². The maximum atomic E-state index is 13.1. The lowest BCUT2D eigenvalue weighted by molar-refractivity contribution is -0.135. The third-order valence-corrected chi connectivity index (χ3v) is 17.3. The number of amides is 8. The molecule has 0 heterocycles. The summed E-state index contributed by atoms with van der Waals surface area (Å²) in [6.45, 7) is 68.9. The van der Waals surface area contributed by atoms with Crippen LogP contribution in [0.25, 0.3) is 0 Å². The highest BCUT2D eigenvalue weighted by molar-refractivity contribution is 5.95. The lowest BCUT2D eigenvalue weighted by atomic mass is 9.77. The quantitative estimate of drug-likeness (QED) is 0.0255. The normalized spacial score (nSPS) is 14.4. The monoisotopic (exact) mass is 1540 g/mol. The largest absolute Gasteiger partial charge is 0.356 e. The first-order valence-electron chi connectivity index (χ1n) is 39.5. The van der Waals surface area contributed by atoms with Crippen molar-refractivity contribution in [3.05, 3.63) is 0 Å². The Morgan fingerprint density at radius 3 is 0.935 bits per heavy atom. The molecule has 636 valence electrons. The Labute approximate surface area is 660 Å². The van der Waals surface area contributed by atoms with E-state index >= 15 is 0 Å². The number of ketones is 6. The number of nitrogens with one attached hydrogen (secondary N) is 8. The van der Waals surface area contributed by atoms with E-state index in [0.29, 0.717) is 89.4 Å². The second kappa shape index (κ2) is 51.8. The highest BCUT2D eigenvalue weighted by Gasteiger charge is 2.39. The molecule has 108 heavy (non-hydrogen) atoms. The van der Waals surface area contributed by atoms with Gasteiger partial charge in [0.1, 0.15) is 17.3 Å². The van der Waals surface area contributed by atoms with Crippen molar-refractivity contribution < 1.29 is 57.5 Å². The van der Waals surface area contributed by atoms with Crippen molar-refractivity contribution in [2.45, 2.75) is 375 Å². The molecule has 0 saturated heterocycles. The first kappa shape index (κ1) is 113. The molecule has 0 aliphatic carbocycles. The van der Waals surface area contributed by atoms with Gasteiger partial charge in [0, 0.05) is 109 Å². The molecule has 0 fully saturated rings. The van der Waals surface area contributed by atoms with Crippen LogP contribution in [0.1, 0.15) is 340 Å². The number of hydrogen-bond donors (Lipinski definition) is 10. The minimum absolute atomic E-state index is 0. The Morgan fingerprint density at radius 2 is 0.657 bits per heavy atom. The Hall–Kier alpha value is -5.64. The van der Waals surface area contributed by atoms with Crippen LogP contribution in [0.3, 0.4) is 0 Å². The van der Waals surface area contributed by atoms with E-state index in [0.717, 1.165) is 25.7 Å². The Morgan fingerprint density at radius 1 is 0.343 bits per heavy atom. The van der Waals surface area contributed by atoms with Gasteiger partial charge in [0.2, 0.25) is 23.6 Å². The van der Waals surface area contributed by atoms with Crippen molar-refractivity contribution >= 4 is 70.4 Å². The molecule has 22 nitrogen and oxygen atoms in total. The van der Waals surface area contributed by atoms with Crippen LogP contribution in [-0.2, 0) is 47.9 Å². The minimum Gasteiger partial charge on any atom is -0.356 e. The molecule has 0 aromatic carbocycles. The predicted octanol–water partition coefficient (Wildman–Crippen LogP) is 15.6. The molecule has 0 radical (unpaired) electrons. The van der Waals surface area contributed by atoms with Crippen molar-refractivity contribution in [2.75, 3.05) is 26.2 Å². The molecule has 0 saturated carbocycles. The van der Waals surface area contributed by atoms with E-state index in [1.165, 1.54) is 13.8 Å². The molecule has 0 spiro atoms. The van der Waals surface area contributed by atoms with Gasteiger partial charge in [-0.3, -0.25) is 47.9 Å². The number of rotatable bonds is 40. The number of urea groups is 2. The molecule has 0 aliphatic heterocycles. The van der Waals surface area contributed by atoms with E-state index in [9.17, 15) is 57.5 Å². The van der Waals surface area contributed by atoms with Gasteiger partial charge < -0.3 is 54.0 Å². The summed E-state index contributed by atoms with van der Waals surface area (Å²) >= 11 is 0. The first-order valence-corrected chi connectivity index (χ1v) is 39.5. The first-order chi connectivity index (χ1) is 47.6. The van der Waals surface area contributed by atoms with Gasteiger partial charge in [0.05, 0.1) is 24.2 Å². The van der Waals surface area contributed by atoms with Crippen molar-refractivity contribution in [1.82, 2.24) is 42.5 Å². The third kappa shape index (κ3) is 58.3. The molecular weight excluding hydrogens is 1370 g/mol. The maximum absolute atomic E-state index is 13.1. The van der Waals surface area contributed by atoms with Gasteiger partial charge in [0.25, 0.3) is 0 Å². The summed E-state index contributed by atoms with van der Waals surface area (Å²) < 4.78 is 0. The summed E-state index contributed by atoms with van der Waals surface area (Å²) in [7, 11) is 0. The number of hydrogen-bond acceptors (Lipinski definition) is 14. The van der Waals surface area contributed by atoms with Crippen LogP contribution in [-0.4, -0.2) is 132 Å². The van der Waals surface area contributed by atoms with Crippen LogP contribution in [0.15, 0.2) is 0 Å². The van der Waals surface area contributed by atoms with Gasteiger partial charge in [-0.25, -0.2) is 9.59 Å². The number of primary amides is 2. The van der Waals surface area contributed by atoms with Crippen molar-refractivity contribution in [1.29, 1.82) is 0 Å². The number of nitrogens with two attached hydrogens (primary N) is 2. The molecule has 0 rings (SSSR count). The molecule has 0 aromatic heterocycles. The van der Waals surface area contributed by atoms with Gasteiger partial charge in [-0.2, -0.15) is 0 Å². The zero-order chi connectivity index (χ0) is 84.2. The summed E-state index contributed by atoms with van der Waals surface area (Å²) in [6, 6.07) is -2.78. The maximum Gasteiger partial charge on any atom is 0.312 e. The average molecular weight is 1540 g/mol. The number of carbonyl (C=O) groups excluding carboxylic acids is 12. The Balaban J connectivity index is -0.000000319. The van der Waals surface area contributed by atoms with Crippen LogP contribution in [0.2, 0.25) is 0 Å². The Bertz CT molecular complexity index is 2520. The molecule has 0 aliphatic rings. The predicted molar refractivity (Wildman–Crippen MR) is 448 cm³/mol. The smallest absolute Gasteiger partial charge is 0.312 e. The van der Waals surface area contributed by atoms with E-state index in [1.54, 1.807) is 0 Å². The van der Waals surface area contributed by atoms with E-state index in [-0.39, 0.29) is 156 Å². The second-order valence-corrected chi connectivity index (χ2v) is 39.8. The van der Waals surface area contributed by atoms with Crippen molar-refractivity contribution in [3.63, 3.8) is 0 Å². The summed E-state index contributed by atoms with van der Waals surface area (Å²) in [6.07, 6.45) is 8.32. The summed E-state index contributed by atoms with van der Waals surface area (Å²) in [5.74, 6) is 0.460. The van der Waals surface area contributed by atoms with Gasteiger partial charge >= 0.3 is 12.1 Å². The fourth-order valence-electron chi connectivity index (χ4n) is 12.3. The van der Waals surface area contributed by atoms with Gasteiger partial charge in [-0.1, -0.05) is 195 Å². The molecular formula is C86H170N10O12.